The van der Waals surface area contributed by atoms with Crippen LogP contribution in [0.1, 0.15) is 33.1 Å². The van der Waals surface area contributed by atoms with Gasteiger partial charge in [-0.3, -0.25) is 0 Å². The highest BCUT2D eigenvalue weighted by Gasteiger charge is 2.11. The van der Waals surface area contributed by atoms with Crippen LogP contribution in [0.3, 0.4) is 0 Å². The molecule has 1 aromatic rings. The van der Waals surface area contributed by atoms with E-state index < -0.39 is 0 Å². The summed E-state index contributed by atoms with van der Waals surface area (Å²) in [6, 6.07) is 6.11. The first-order valence-electron chi connectivity index (χ1n) is 6.97. The molecule has 18 heavy (non-hydrogen) atoms. The molecular formula is C15H23NO2. The number of benzene rings is 1. The van der Waals surface area contributed by atoms with Crippen molar-refractivity contribution in [2.75, 3.05) is 25.1 Å². The van der Waals surface area contributed by atoms with E-state index in [0.717, 1.165) is 49.3 Å². The van der Waals surface area contributed by atoms with E-state index in [1.165, 1.54) is 12.8 Å². The molecule has 100 valence electrons. The first kappa shape index (κ1) is 13.1. The Morgan fingerprint density at radius 1 is 1.11 bits per heavy atom. The molecule has 0 amide bonds. The van der Waals surface area contributed by atoms with Gasteiger partial charge >= 0.3 is 0 Å². The van der Waals surface area contributed by atoms with Crippen molar-refractivity contribution in [1.29, 1.82) is 0 Å². The summed E-state index contributed by atoms with van der Waals surface area (Å²) in [4.78, 5) is 0. The fourth-order valence-corrected chi connectivity index (χ4v) is 2.11. The molecule has 0 radical (unpaired) electrons. The maximum absolute atomic E-state index is 5.68. The van der Waals surface area contributed by atoms with Crippen LogP contribution in [-0.4, -0.2) is 19.8 Å². The molecule has 2 rings (SSSR count). The number of fused-ring (bicyclic) bond motifs is 1. The van der Waals surface area contributed by atoms with Gasteiger partial charge in [0.25, 0.3) is 0 Å². The Morgan fingerprint density at radius 3 is 2.56 bits per heavy atom. The molecule has 3 heteroatoms. The highest BCUT2D eigenvalue weighted by molar-refractivity contribution is 5.55. The van der Waals surface area contributed by atoms with Crippen molar-refractivity contribution < 1.29 is 9.47 Å². The molecule has 0 spiro atoms. The molecule has 0 saturated heterocycles. The molecule has 1 aliphatic heterocycles. The van der Waals surface area contributed by atoms with E-state index in [2.05, 4.69) is 25.2 Å². The molecular weight excluding hydrogens is 226 g/mol. The molecule has 3 nitrogen and oxygen atoms in total. The summed E-state index contributed by atoms with van der Waals surface area (Å²) in [5.74, 6) is 2.46. The van der Waals surface area contributed by atoms with Crippen LogP contribution in [-0.2, 0) is 0 Å². The molecule has 0 fully saturated rings. The predicted octanol–water partition coefficient (Wildman–Crippen LogP) is 3.70. The van der Waals surface area contributed by atoms with Crippen molar-refractivity contribution in [3.05, 3.63) is 18.2 Å². The van der Waals surface area contributed by atoms with E-state index in [0.29, 0.717) is 0 Å². The fraction of sp³-hybridized carbons (Fsp3) is 0.600. The summed E-state index contributed by atoms with van der Waals surface area (Å²) in [5.41, 5.74) is 1.12. The van der Waals surface area contributed by atoms with Crippen LogP contribution in [0.15, 0.2) is 18.2 Å². The highest BCUT2D eigenvalue weighted by atomic mass is 16.5. The third kappa shape index (κ3) is 3.31. The van der Waals surface area contributed by atoms with E-state index in [9.17, 15) is 0 Å². The zero-order valence-corrected chi connectivity index (χ0v) is 11.4. The van der Waals surface area contributed by atoms with Gasteiger partial charge in [-0.15, -0.1) is 0 Å². The number of anilines is 1. The molecule has 1 N–H and O–H groups in total. The highest BCUT2D eigenvalue weighted by Crippen LogP contribution is 2.32. The lowest BCUT2D eigenvalue weighted by Crippen LogP contribution is -2.12. The Hall–Kier alpha value is -1.38. The van der Waals surface area contributed by atoms with Crippen LogP contribution in [0.5, 0.6) is 11.5 Å². The van der Waals surface area contributed by atoms with Gasteiger partial charge in [0.2, 0.25) is 0 Å². The Morgan fingerprint density at radius 2 is 1.83 bits per heavy atom. The smallest absolute Gasteiger partial charge is 0.163 e. The second-order valence-corrected chi connectivity index (χ2v) is 4.78. The zero-order valence-electron chi connectivity index (χ0n) is 11.4. The second-order valence-electron chi connectivity index (χ2n) is 4.78. The summed E-state index contributed by atoms with van der Waals surface area (Å²) in [6.07, 6.45) is 3.38. The van der Waals surface area contributed by atoms with Gasteiger partial charge in [0, 0.05) is 24.7 Å². The maximum atomic E-state index is 5.68. The molecule has 1 aromatic carbocycles. The van der Waals surface area contributed by atoms with Gasteiger partial charge < -0.3 is 14.8 Å². The summed E-state index contributed by atoms with van der Waals surface area (Å²) in [7, 11) is 0. The molecule has 1 aliphatic rings. The van der Waals surface area contributed by atoms with E-state index >= 15 is 0 Å². The number of nitrogens with one attached hydrogen (secondary N) is 1. The minimum atomic E-state index is 0.737. The Balaban J connectivity index is 1.99. The topological polar surface area (TPSA) is 30.5 Å². The minimum absolute atomic E-state index is 0.737. The summed E-state index contributed by atoms with van der Waals surface area (Å²) < 4.78 is 11.3. The van der Waals surface area contributed by atoms with Crippen LogP contribution >= 0.6 is 0 Å². The number of ether oxygens (including phenoxy) is 2. The number of rotatable bonds is 5. The zero-order chi connectivity index (χ0) is 12.8. The van der Waals surface area contributed by atoms with Crippen molar-refractivity contribution in [2.45, 2.75) is 33.1 Å². The quantitative estimate of drug-likeness (QED) is 0.863. The van der Waals surface area contributed by atoms with E-state index in [1.807, 2.05) is 12.1 Å². The Labute approximate surface area is 109 Å². The van der Waals surface area contributed by atoms with Gasteiger partial charge in [0.1, 0.15) is 0 Å². The van der Waals surface area contributed by atoms with Gasteiger partial charge in [0.05, 0.1) is 13.2 Å². The summed E-state index contributed by atoms with van der Waals surface area (Å²) in [5, 5.41) is 3.48. The van der Waals surface area contributed by atoms with Gasteiger partial charge in [-0.2, -0.15) is 0 Å². The van der Waals surface area contributed by atoms with Crippen LogP contribution in [0, 0.1) is 5.92 Å². The van der Waals surface area contributed by atoms with Crippen molar-refractivity contribution in [3.8, 4) is 11.5 Å². The van der Waals surface area contributed by atoms with Gasteiger partial charge in [-0.05, 0) is 18.1 Å². The standard InChI is InChI=1S/C15H23NO2/c1-3-12(4-2)11-16-13-6-7-14-15(10-13)18-9-5-8-17-14/h6-7,10,12,16H,3-5,8-9,11H2,1-2H3. The lowest BCUT2D eigenvalue weighted by molar-refractivity contribution is 0.297. The molecule has 0 aliphatic carbocycles. The van der Waals surface area contributed by atoms with Crippen LogP contribution in [0.4, 0.5) is 5.69 Å². The lowest BCUT2D eigenvalue weighted by Gasteiger charge is -2.15. The van der Waals surface area contributed by atoms with Crippen LogP contribution in [0.2, 0.25) is 0 Å². The second kappa shape index (κ2) is 6.53. The monoisotopic (exact) mass is 249 g/mol. The van der Waals surface area contributed by atoms with Gasteiger partial charge in [-0.1, -0.05) is 26.7 Å². The third-order valence-corrected chi connectivity index (χ3v) is 3.50. The summed E-state index contributed by atoms with van der Waals surface area (Å²) >= 11 is 0. The first-order chi connectivity index (χ1) is 8.83. The van der Waals surface area contributed by atoms with E-state index in [4.69, 9.17) is 9.47 Å². The van der Waals surface area contributed by atoms with E-state index in [1.54, 1.807) is 0 Å². The molecule has 0 saturated carbocycles. The molecule has 1 heterocycles. The number of hydrogen-bond acceptors (Lipinski definition) is 3. The van der Waals surface area contributed by atoms with Gasteiger partial charge in [0.15, 0.2) is 11.5 Å². The Bertz CT molecular complexity index is 375. The van der Waals surface area contributed by atoms with Crippen molar-refractivity contribution in [2.24, 2.45) is 5.92 Å². The van der Waals surface area contributed by atoms with E-state index in [-0.39, 0.29) is 0 Å². The molecule has 0 unspecified atom stereocenters. The van der Waals surface area contributed by atoms with Crippen LogP contribution in [0.25, 0.3) is 0 Å². The Kier molecular flexibility index (Phi) is 4.73. The maximum Gasteiger partial charge on any atom is 0.163 e. The predicted molar refractivity (Wildman–Crippen MR) is 74.6 cm³/mol. The van der Waals surface area contributed by atoms with Crippen molar-refractivity contribution in [3.63, 3.8) is 0 Å². The first-order valence-corrected chi connectivity index (χ1v) is 6.97. The molecule has 0 atom stereocenters. The van der Waals surface area contributed by atoms with Crippen molar-refractivity contribution >= 4 is 5.69 Å². The van der Waals surface area contributed by atoms with Crippen LogP contribution < -0.4 is 14.8 Å². The minimum Gasteiger partial charge on any atom is -0.490 e. The van der Waals surface area contributed by atoms with Gasteiger partial charge in [-0.25, -0.2) is 0 Å². The fourth-order valence-electron chi connectivity index (χ4n) is 2.11. The average Bonchev–Trinajstić information content (AvgIpc) is 2.64. The third-order valence-electron chi connectivity index (χ3n) is 3.50. The SMILES string of the molecule is CCC(CC)CNc1ccc2c(c1)OCCCO2. The lowest BCUT2D eigenvalue weighted by atomic mass is 10.0. The molecule has 0 aromatic heterocycles. The number of hydrogen-bond donors (Lipinski definition) is 1. The normalized spacial score (nSPS) is 14.4. The molecule has 0 bridgehead atoms. The summed E-state index contributed by atoms with van der Waals surface area (Å²) in [6.45, 7) is 6.98. The largest absolute Gasteiger partial charge is 0.490 e. The van der Waals surface area contributed by atoms with Crippen molar-refractivity contribution in [1.82, 2.24) is 0 Å². The average molecular weight is 249 g/mol.